The normalized spacial score (nSPS) is 13.5. The molecule has 204 valence electrons. The number of benzene rings is 5. The lowest BCUT2D eigenvalue weighted by Gasteiger charge is -2.21. The summed E-state index contributed by atoms with van der Waals surface area (Å²) in [6.07, 6.45) is 0. The summed E-state index contributed by atoms with van der Waals surface area (Å²) in [5, 5.41) is 3.44. The van der Waals surface area contributed by atoms with Gasteiger partial charge in [-0.3, -0.25) is 0 Å². The van der Waals surface area contributed by atoms with Crippen LogP contribution in [-0.4, -0.2) is 15.0 Å². The van der Waals surface area contributed by atoms with Gasteiger partial charge >= 0.3 is 0 Å². The predicted octanol–water partition coefficient (Wildman–Crippen LogP) is 10.3. The molecule has 0 fully saturated rings. The Hall–Kier alpha value is -5.13. The molecule has 4 nitrogen and oxygen atoms in total. The lowest BCUT2D eigenvalue weighted by atomic mass is 9.81. The molecule has 0 saturated heterocycles. The number of nitrogens with zero attached hydrogens (tertiary/aromatic N) is 3. The minimum absolute atomic E-state index is 0.0393. The summed E-state index contributed by atoms with van der Waals surface area (Å²) < 4.78 is 7.33. The summed E-state index contributed by atoms with van der Waals surface area (Å²) in [6.45, 7) is 4.67. The van der Waals surface area contributed by atoms with Gasteiger partial charge in [-0.2, -0.15) is 0 Å². The third-order valence-corrected chi connectivity index (χ3v) is 9.91. The van der Waals surface area contributed by atoms with Crippen molar-refractivity contribution < 1.29 is 4.42 Å². The van der Waals surface area contributed by atoms with Crippen LogP contribution in [0.4, 0.5) is 0 Å². The van der Waals surface area contributed by atoms with Crippen molar-refractivity contribution in [2.75, 3.05) is 0 Å². The highest BCUT2D eigenvalue weighted by molar-refractivity contribution is 7.22. The first-order chi connectivity index (χ1) is 21.0. The smallest absolute Gasteiger partial charge is 0.164 e. The maximum absolute atomic E-state index is 6.08. The molecule has 0 radical (unpaired) electrons. The first kappa shape index (κ1) is 24.5. The van der Waals surface area contributed by atoms with Crippen LogP contribution in [0.5, 0.6) is 0 Å². The zero-order chi connectivity index (χ0) is 28.7. The molecule has 0 saturated carbocycles. The standard InChI is InChI=1S/C38H25N3OS/c1-38(2)29-14-8-6-13-26(29)34-33(38)27-18-16-24(21-32(27)43-34)37-40-35(22-10-4-3-5-11-22)39-36(41-37)23-17-19-31-28(20-23)25-12-7-9-15-30(25)42-31/h3-21H,1-2H3. The Morgan fingerprint density at radius 1 is 0.558 bits per heavy atom. The summed E-state index contributed by atoms with van der Waals surface area (Å²) in [7, 11) is 0. The Morgan fingerprint density at radius 3 is 2.05 bits per heavy atom. The molecule has 0 unspecified atom stereocenters. The van der Waals surface area contributed by atoms with Crippen molar-refractivity contribution in [2.24, 2.45) is 0 Å². The molecular formula is C38H25N3OS. The fourth-order valence-electron chi connectivity index (χ4n) is 6.62. The number of furan rings is 1. The molecule has 1 aliphatic carbocycles. The Labute approximate surface area is 252 Å². The molecule has 3 heterocycles. The van der Waals surface area contributed by atoms with E-state index in [9.17, 15) is 0 Å². The maximum Gasteiger partial charge on any atom is 0.164 e. The van der Waals surface area contributed by atoms with Crippen molar-refractivity contribution in [3.05, 3.63) is 126 Å². The SMILES string of the molecule is CC1(C)c2ccccc2-c2sc3cc(-c4nc(-c5ccccc5)nc(-c5ccc6oc7ccccc7c6c5)n4)ccc3c21. The largest absolute Gasteiger partial charge is 0.456 e. The van der Waals surface area contributed by atoms with E-state index in [4.69, 9.17) is 19.4 Å². The third-order valence-electron chi connectivity index (χ3n) is 8.72. The van der Waals surface area contributed by atoms with Crippen molar-refractivity contribution in [1.82, 2.24) is 15.0 Å². The van der Waals surface area contributed by atoms with Crippen LogP contribution in [0.25, 0.3) is 76.6 Å². The lowest BCUT2D eigenvalue weighted by molar-refractivity contribution is 0.667. The molecule has 8 aromatic rings. The van der Waals surface area contributed by atoms with E-state index in [2.05, 4.69) is 68.4 Å². The van der Waals surface area contributed by atoms with Gasteiger partial charge in [0.2, 0.25) is 0 Å². The van der Waals surface area contributed by atoms with E-state index in [0.717, 1.165) is 38.6 Å². The van der Waals surface area contributed by atoms with Gasteiger partial charge in [0, 0.05) is 42.5 Å². The number of para-hydroxylation sites is 1. The second-order valence-corrected chi connectivity index (χ2v) is 12.7. The van der Waals surface area contributed by atoms with Crippen molar-refractivity contribution in [2.45, 2.75) is 19.3 Å². The van der Waals surface area contributed by atoms with E-state index in [0.29, 0.717) is 17.5 Å². The molecule has 0 N–H and O–H groups in total. The van der Waals surface area contributed by atoms with E-state index in [1.54, 1.807) is 0 Å². The lowest BCUT2D eigenvalue weighted by Crippen LogP contribution is -2.14. The van der Waals surface area contributed by atoms with Crippen LogP contribution >= 0.6 is 11.3 Å². The van der Waals surface area contributed by atoms with Crippen LogP contribution in [0.2, 0.25) is 0 Å². The second kappa shape index (κ2) is 8.93. The summed E-state index contributed by atoms with van der Waals surface area (Å²) in [5.74, 6) is 1.96. The molecule has 0 atom stereocenters. The fraction of sp³-hybridized carbons (Fsp3) is 0.0789. The van der Waals surface area contributed by atoms with Crippen molar-refractivity contribution in [3.8, 4) is 44.6 Å². The average Bonchev–Trinajstić information content (AvgIpc) is 3.69. The number of hydrogen-bond donors (Lipinski definition) is 0. The highest BCUT2D eigenvalue weighted by Gasteiger charge is 2.38. The zero-order valence-corrected chi connectivity index (χ0v) is 24.4. The maximum atomic E-state index is 6.08. The number of fused-ring (bicyclic) bond motifs is 8. The van der Waals surface area contributed by atoms with Gasteiger partial charge in [0.25, 0.3) is 0 Å². The predicted molar refractivity (Wildman–Crippen MR) is 176 cm³/mol. The molecule has 5 heteroatoms. The molecule has 43 heavy (non-hydrogen) atoms. The summed E-state index contributed by atoms with van der Waals surface area (Å²) in [5.41, 5.74) is 8.71. The summed E-state index contributed by atoms with van der Waals surface area (Å²) in [4.78, 5) is 16.4. The first-order valence-electron chi connectivity index (χ1n) is 14.4. The van der Waals surface area contributed by atoms with Crippen LogP contribution in [0, 0.1) is 0 Å². The quantitative estimate of drug-likeness (QED) is 0.212. The van der Waals surface area contributed by atoms with Crippen LogP contribution in [0.1, 0.15) is 25.0 Å². The van der Waals surface area contributed by atoms with E-state index < -0.39 is 0 Å². The average molecular weight is 572 g/mol. The first-order valence-corrected chi connectivity index (χ1v) is 15.3. The van der Waals surface area contributed by atoms with Gasteiger partial charge in [0.05, 0.1) is 0 Å². The monoisotopic (exact) mass is 571 g/mol. The van der Waals surface area contributed by atoms with Gasteiger partial charge in [-0.05, 0) is 52.4 Å². The highest BCUT2D eigenvalue weighted by Crippen LogP contribution is 2.55. The minimum Gasteiger partial charge on any atom is -0.456 e. The van der Waals surface area contributed by atoms with Crippen molar-refractivity contribution >= 4 is 43.4 Å². The third kappa shape index (κ3) is 3.65. The number of hydrogen-bond acceptors (Lipinski definition) is 5. The minimum atomic E-state index is -0.0393. The molecule has 0 spiro atoms. The van der Waals surface area contributed by atoms with Crippen molar-refractivity contribution in [1.29, 1.82) is 0 Å². The number of aromatic nitrogens is 3. The van der Waals surface area contributed by atoms with E-state index in [1.807, 2.05) is 72.0 Å². The molecule has 1 aliphatic rings. The van der Waals surface area contributed by atoms with Crippen LogP contribution < -0.4 is 0 Å². The number of rotatable bonds is 3. The van der Waals surface area contributed by atoms with Crippen LogP contribution in [0.15, 0.2) is 120 Å². The summed E-state index contributed by atoms with van der Waals surface area (Å²) >= 11 is 1.86. The Morgan fingerprint density at radius 2 is 1.21 bits per heavy atom. The van der Waals surface area contributed by atoms with Gasteiger partial charge in [-0.15, -0.1) is 11.3 Å². The van der Waals surface area contributed by atoms with E-state index >= 15 is 0 Å². The van der Waals surface area contributed by atoms with Gasteiger partial charge < -0.3 is 4.42 Å². The zero-order valence-electron chi connectivity index (χ0n) is 23.6. The molecule has 0 aliphatic heterocycles. The summed E-state index contributed by atoms with van der Waals surface area (Å²) in [6, 6.07) is 39.9. The highest BCUT2D eigenvalue weighted by atomic mass is 32.1. The molecule has 9 rings (SSSR count). The number of thiophene rings is 1. The molecular weight excluding hydrogens is 547 g/mol. The fourth-order valence-corrected chi connectivity index (χ4v) is 8.06. The van der Waals surface area contributed by atoms with Crippen LogP contribution in [0.3, 0.4) is 0 Å². The second-order valence-electron chi connectivity index (χ2n) is 11.7. The van der Waals surface area contributed by atoms with Gasteiger partial charge in [-0.25, -0.2) is 15.0 Å². The van der Waals surface area contributed by atoms with Gasteiger partial charge in [0.15, 0.2) is 17.5 Å². The van der Waals surface area contributed by atoms with E-state index in [-0.39, 0.29) is 5.41 Å². The van der Waals surface area contributed by atoms with Gasteiger partial charge in [-0.1, -0.05) is 98.8 Å². The Kier molecular flexibility index (Phi) is 5.08. The topological polar surface area (TPSA) is 51.8 Å². The van der Waals surface area contributed by atoms with Crippen LogP contribution in [-0.2, 0) is 5.41 Å². The van der Waals surface area contributed by atoms with E-state index in [1.165, 1.54) is 31.7 Å². The molecule has 0 bridgehead atoms. The Balaban J connectivity index is 1.23. The van der Waals surface area contributed by atoms with Gasteiger partial charge in [0.1, 0.15) is 11.2 Å². The molecule has 5 aromatic carbocycles. The van der Waals surface area contributed by atoms with Crippen molar-refractivity contribution in [3.63, 3.8) is 0 Å². The molecule has 3 aromatic heterocycles. The molecule has 0 amide bonds. The Bertz CT molecular complexity index is 2380.